The van der Waals surface area contributed by atoms with Gasteiger partial charge in [-0.2, -0.15) is 0 Å². The van der Waals surface area contributed by atoms with E-state index < -0.39 is 11.4 Å². The zero-order valence-electron chi connectivity index (χ0n) is 12.7. The molecule has 4 rings (SSSR count). The third-order valence-corrected chi connectivity index (χ3v) is 5.97. The molecule has 0 bridgehead atoms. The number of aryl methyl sites for hydroxylation is 1. The number of halogens is 1. The minimum Gasteiger partial charge on any atom is -0.477 e. The molecule has 24 heavy (non-hydrogen) atoms. The van der Waals surface area contributed by atoms with Crippen LogP contribution in [0.1, 0.15) is 10.4 Å². The summed E-state index contributed by atoms with van der Waals surface area (Å²) < 4.78 is 7.21. The summed E-state index contributed by atoms with van der Waals surface area (Å²) in [5.41, 5.74) is 0.866. The molecule has 2 aromatic rings. The van der Waals surface area contributed by atoms with Gasteiger partial charge in [-0.15, -0.1) is 11.8 Å². The number of thioether (sulfide) groups is 1. The molecule has 0 saturated carbocycles. The van der Waals surface area contributed by atoms with Crippen LogP contribution in [0.5, 0.6) is 0 Å². The minimum atomic E-state index is -1.20. The number of hydrogen-bond donors (Lipinski definition) is 1. The van der Waals surface area contributed by atoms with Crippen LogP contribution >= 0.6 is 23.4 Å². The van der Waals surface area contributed by atoms with Crippen molar-refractivity contribution in [3.05, 3.63) is 33.1 Å². The molecule has 1 aromatic heterocycles. The van der Waals surface area contributed by atoms with Gasteiger partial charge >= 0.3 is 5.97 Å². The Balaban J connectivity index is 2.03. The number of morpholine rings is 1. The smallest absolute Gasteiger partial charge is 0.341 e. The van der Waals surface area contributed by atoms with Gasteiger partial charge < -0.3 is 19.3 Å². The first-order valence-corrected chi connectivity index (χ1v) is 9.02. The lowest BCUT2D eigenvalue weighted by atomic mass is 10.1. The van der Waals surface area contributed by atoms with E-state index in [-0.39, 0.29) is 5.56 Å². The lowest BCUT2D eigenvalue weighted by molar-refractivity contribution is 0.0695. The van der Waals surface area contributed by atoms with E-state index in [9.17, 15) is 14.7 Å². The molecule has 0 atom stereocenters. The minimum absolute atomic E-state index is 0.199. The van der Waals surface area contributed by atoms with Gasteiger partial charge in [0.05, 0.1) is 34.3 Å². The number of pyridine rings is 1. The number of carboxylic acids is 1. The molecule has 0 unspecified atom stereocenters. The van der Waals surface area contributed by atoms with Crippen LogP contribution in [-0.2, 0) is 11.3 Å². The highest BCUT2D eigenvalue weighted by Crippen LogP contribution is 2.42. The molecular formula is C16H15ClN2O4S. The number of ether oxygens (including phenoxy) is 1. The fourth-order valence-corrected chi connectivity index (χ4v) is 4.75. The average molecular weight is 367 g/mol. The SMILES string of the molecule is O=C(O)c1cn2c3c(c(Cl)c(N4CCOCC4)cc3c1=O)SCC2. The Bertz CT molecular complexity index is 905. The fourth-order valence-electron chi connectivity index (χ4n) is 3.23. The van der Waals surface area contributed by atoms with Gasteiger partial charge in [0, 0.05) is 37.0 Å². The Labute approximate surface area is 147 Å². The van der Waals surface area contributed by atoms with Gasteiger partial charge in [-0.1, -0.05) is 11.6 Å². The molecule has 3 heterocycles. The van der Waals surface area contributed by atoms with E-state index in [1.54, 1.807) is 17.8 Å². The summed E-state index contributed by atoms with van der Waals surface area (Å²) >= 11 is 8.26. The molecule has 2 aliphatic heterocycles. The number of anilines is 1. The zero-order valence-corrected chi connectivity index (χ0v) is 14.3. The third-order valence-electron chi connectivity index (χ3n) is 4.40. The van der Waals surface area contributed by atoms with E-state index in [2.05, 4.69) is 4.90 Å². The van der Waals surface area contributed by atoms with Gasteiger partial charge in [0.2, 0.25) is 5.43 Å². The number of aromatic nitrogens is 1. The van der Waals surface area contributed by atoms with Gasteiger partial charge in [-0.05, 0) is 6.07 Å². The van der Waals surface area contributed by atoms with Crippen molar-refractivity contribution in [1.29, 1.82) is 0 Å². The first-order chi connectivity index (χ1) is 11.6. The summed E-state index contributed by atoms with van der Waals surface area (Å²) in [6.07, 6.45) is 1.43. The first kappa shape index (κ1) is 15.8. The molecule has 1 aromatic carbocycles. The summed E-state index contributed by atoms with van der Waals surface area (Å²) in [4.78, 5) is 27.0. The molecule has 1 N–H and O–H groups in total. The van der Waals surface area contributed by atoms with Crippen LogP contribution in [0.4, 0.5) is 5.69 Å². The first-order valence-electron chi connectivity index (χ1n) is 7.66. The van der Waals surface area contributed by atoms with Crippen molar-refractivity contribution in [1.82, 2.24) is 4.57 Å². The summed E-state index contributed by atoms with van der Waals surface area (Å²) in [5, 5.41) is 10.4. The predicted molar refractivity (Wildman–Crippen MR) is 93.9 cm³/mol. The highest BCUT2D eigenvalue weighted by Gasteiger charge is 2.25. The molecule has 6 nitrogen and oxygen atoms in total. The number of benzene rings is 1. The van der Waals surface area contributed by atoms with E-state index >= 15 is 0 Å². The molecule has 1 saturated heterocycles. The Hall–Kier alpha value is -1.70. The lowest BCUT2D eigenvalue weighted by Gasteiger charge is -2.31. The zero-order chi connectivity index (χ0) is 16.8. The van der Waals surface area contributed by atoms with Crippen LogP contribution in [0, 0.1) is 0 Å². The van der Waals surface area contributed by atoms with Gasteiger partial charge in [0.1, 0.15) is 5.56 Å². The average Bonchev–Trinajstić information content (AvgIpc) is 2.60. The van der Waals surface area contributed by atoms with Crippen molar-refractivity contribution in [2.45, 2.75) is 11.4 Å². The summed E-state index contributed by atoms with van der Waals surface area (Å²) in [6, 6.07) is 1.74. The van der Waals surface area contributed by atoms with Gasteiger partial charge in [-0.25, -0.2) is 4.79 Å². The molecular weight excluding hydrogens is 352 g/mol. The summed E-state index contributed by atoms with van der Waals surface area (Å²) in [6.45, 7) is 3.26. The van der Waals surface area contributed by atoms with E-state index in [0.29, 0.717) is 43.3 Å². The lowest BCUT2D eigenvalue weighted by Crippen LogP contribution is -2.36. The van der Waals surface area contributed by atoms with E-state index in [1.165, 1.54) is 6.20 Å². The maximum absolute atomic E-state index is 12.7. The van der Waals surface area contributed by atoms with Crippen LogP contribution in [0.2, 0.25) is 5.02 Å². The highest BCUT2D eigenvalue weighted by molar-refractivity contribution is 7.99. The number of hydrogen-bond acceptors (Lipinski definition) is 5. The summed E-state index contributed by atoms with van der Waals surface area (Å²) in [7, 11) is 0. The standard InChI is InChI=1S/C16H15ClN2O4S/c17-12-11(18-1-4-23-5-2-18)7-9-13-15(12)24-6-3-19(13)8-10(14(9)20)16(21)22/h7-8H,1-6H2,(H,21,22). The Morgan fingerprint density at radius 3 is 2.75 bits per heavy atom. The van der Waals surface area contributed by atoms with Crippen LogP contribution in [-0.4, -0.2) is 47.7 Å². The quantitative estimate of drug-likeness (QED) is 0.879. The van der Waals surface area contributed by atoms with Crippen molar-refractivity contribution < 1.29 is 14.6 Å². The van der Waals surface area contributed by atoms with Gasteiger partial charge in [-0.3, -0.25) is 4.79 Å². The molecule has 8 heteroatoms. The Morgan fingerprint density at radius 2 is 2.04 bits per heavy atom. The van der Waals surface area contributed by atoms with Crippen molar-refractivity contribution in [2.24, 2.45) is 0 Å². The van der Waals surface area contributed by atoms with Crippen LogP contribution in [0.15, 0.2) is 22.0 Å². The van der Waals surface area contributed by atoms with Gasteiger partial charge in [0.25, 0.3) is 0 Å². The molecule has 0 spiro atoms. The number of rotatable bonds is 2. The maximum atomic E-state index is 12.7. The largest absolute Gasteiger partial charge is 0.477 e. The van der Waals surface area contributed by atoms with Crippen molar-refractivity contribution in [3.63, 3.8) is 0 Å². The van der Waals surface area contributed by atoms with Crippen LogP contribution in [0.25, 0.3) is 10.9 Å². The Kier molecular flexibility index (Phi) is 3.94. The molecule has 0 amide bonds. The van der Waals surface area contributed by atoms with Crippen molar-refractivity contribution >= 4 is 45.9 Å². The van der Waals surface area contributed by atoms with Crippen molar-refractivity contribution in [3.8, 4) is 0 Å². The maximum Gasteiger partial charge on any atom is 0.341 e. The van der Waals surface area contributed by atoms with Gasteiger partial charge in [0.15, 0.2) is 0 Å². The topological polar surface area (TPSA) is 71.8 Å². The highest BCUT2D eigenvalue weighted by atomic mass is 35.5. The summed E-state index contributed by atoms with van der Waals surface area (Å²) in [5.74, 6) is -0.413. The van der Waals surface area contributed by atoms with E-state index in [4.69, 9.17) is 16.3 Å². The second-order valence-electron chi connectivity index (χ2n) is 5.75. The molecule has 126 valence electrons. The van der Waals surface area contributed by atoms with E-state index in [1.807, 2.05) is 4.57 Å². The van der Waals surface area contributed by atoms with Crippen molar-refractivity contribution in [2.75, 3.05) is 37.0 Å². The fraction of sp³-hybridized carbons (Fsp3) is 0.375. The predicted octanol–water partition coefficient (Wildman–Crippen LogP) is 2.30. The molecule has 0 radical (unpaired) electrons. The second kappa shape index (κ2) is 5.98. The molecule has 2 aliphatic rings. The molecule has 1 fully saturated rings. The Morgan fingerprint density at radius 1 is 1.29 bits per heavy atom. The van der Waals surface area contributed by atoms with E-state index in [0.717, 1.165) is 21.9 Å². The van der Waals surface area contributed by atoms with Crippen LogP contribution in [0.3, 0.4) is 0 Å². The third kappa shape index (κ3) is 2.39. The van der Waals surface area contributed by atoms with Crippen LogP contribution < -0.4 is 10.3 Å². The number of carbonyl (C=O) groups is 1. The normalized spacial score (nSPS) is 17.3. The number of aromatic carboxylic acids is 1. The molecule has 0 aliphatic carbocycles. The monoisotopic (exact) mass is 366 g/mol. The second-order valence-corrected chi connectivity index (χ2v) is 7.24. The number of nitrogens with zero attached hydrogens (tertiary/aromatic N) is 2. The number of carboxylic acid groups (broad SMARTS) is 1.